The summed E-state index contributed by atoms with van der Waals surface area (Å²) in [6, 6.07) is 8.76. The summed E-state index contributed by atoms with van der Waals surface area (Å²) in [6.45, 7) is 0.982. The van der Waals surface area contributed by atoms with Crippen LogP contribution in [-0.4, -0.2) is 17.0 Å². The number of carbonyl (C=O) groups is 1. The van der Waals surface area contributed by atoms with Crippen molar-refractivity contribution >= 4 is 28.8 Å². The van der Waals surface area contributed by atoms with Gasteiger partial charge in [-0.3, -0.25) is 9.59 Å². The molecule has 0 saturated heterocycles. The second-order valence-electron chi connectivity index (χ2n) is 4.29. The molecule has 4 nitrogen and oxygen atoms in total. The fourth-order valence-corrected chi connectivity index (χ4v) is 2.85. The Morgan fingerprint density at radius 3 is 2.85 bits per heavy atom. The van der Waals surface area contributed by atoms with Gasteiger partial charge >= 0.3 is 0 Å². The summed E-state index contributed by atoms with van der Waals surface area (Å²) >= 11 is 7.35. The summed E-state index contributed by atoms with van der Waals surface area (Å²) in [4.78, 5) is 24.3. The standard InChI is InChI=1S/C14H15ClN2O2S/c15-12-5-4-11(20-12)6-8-16-13(18)7-10-17-9-2-1-3-14(17)19/h1-5,9H,6-8,10H2,(H,16,18). The van der Waals surface area contributed by atoms with Crippen LogP contribution in [0, 0.1) is 0 Å². The van der Waals surface area contributed by atoms with Crippen molar-refractivity contribution in [3.63, 3.8) is 0 Å². The second kappa shape index (κ2) is 7.26. The number of rotatable bonds is 6. The van der Waals surface area contributed by atoms with Crippen LogP contribution < -0.4 is 10.9 Å². The maximum atomic E-state index is 11.7. The normalized spacial score (nSPS) is 10.4. The molecule has 0 aliphatic rings. The highest BCUT2D eigenvalue weighted by molar-refractivity contribution is 7.16. The minimum atomic E-state index is -0.0893. The summed E-state index contributed by atoms with van der Waals surface area (Å²) in [5, 5.41) is 2.84. The molecule has 0 aliphatic carbocycles. The van der Waals surface area contributed by atoms with Gasteiger partial charge in [0.2, 0.25) is 5.91 Å². The monoisotopic (exact) mass is 310 g/mol. The van der Waals surface area contributed by atoms with Crippen LogP contribution in [0.25, 0.3) is 0 Å². The predicted octanol–water partition coefficient (Wildman–Crippen LogP) is 2.31. The first-order valence-corrected chi connectivity index (χ1v) is 7.51. The molecule has 1 N–H and O–H groups in total. The molecule has 2 aromatic heterocycles. The lowest BCUT2D eigenvalue weighted by atomic mass is 10.3. The lowest BCUT2D eigenvalue weighted by molar-refractivity contribution is -0.121. The molecule has 0 unspecified atom stereocenters. The number of amides is 1. The van der Waals surface area contributed by atoms with Gasteiger partial charge in [0.15, 0.2) is 0 Å². The van der Waals surface area contributed by atoms with Gasteiger partial charge in [-0.15, -0.1) is 11.3 Å². The summed E-state index contributed by atoms with van der Waals surface area (Å²) in [7, 11) is 0. The number of hydrogen-bond acceptors (Lipinski definition) is 3. The Hall–Kier alpha value is -1.59. The smallest absolute Gasteiger partial charge is 0.250 e. The lowest BCUT2D eigenvalue weighted by Crippen LogP contribution is -2.28. The number of aryl methyl sites for hydroxylation is 1. The minimum absolute atomic E-state index is 0.0524. The molecule has 2 aromatic rings. The van der Waals surface area contributed by atoms with Gasteiger partial charge in [-0.2, -0.15) is 0 Å². The molecule has 0 saturated carbocycles. The van der Waals surface area contributed by atoms with E-state index in [2.05, 4.69) is 5.32 Å². The van der Waals surface area contributed by atoms with E-state index in [1.54, 1.807) is 18.3 Å². The highest BCUT2D eigenvalue weighted by Crippen LogP contribution is 2.21. The van der Waals surface area contributed by atoms with Gasteiger partial charge in [0.1, 0.15) is 0 Å². The first-order valence-electron chi connectivity index (χ1n) is 6.31. The molecule has 0 aliphatic heterocycles. The molecular formula is C14H15ClN2O2S. The predicted molar refractivity (Wildman–Crippen MR) is 81.4 cm³/mol. The highest BCUT2D eigenvalue weighted by Gasteiger charge is 2.03. The molecule has 6 heteroatoms. The Morgan fingerprint density at radius 2 is 2.15 bits per heavy atom. The molecule has 0 atom stereocenters. The van der Waals surface area contributed by atoms with E-state index in [0.29, 0.717) is 19.5 Å². The molecule has 1 amide bonds. The molecule has 0 aromatic carbocycles. The third-order valence-electron chi connectivity index (χ3n) is 2.80. The van der Waals surface area contributed by atoms with Crippen molar-refractivity contribution in [2.75, 3.05) is 6.54 Å². The van der Waals surface area contributed by atoms with Crippen LogP contribution in [0.2, 0.25) is 4.34 Å². The molecule has 106 valence electrons. The molecule has 2 rings (SSSR count). The van der Waals surface area contributed by atoms with E-state index in [0.717, 1.165) is 15.6 Å². The zero-order valence-electron chi connectivity index (χ0n) is 10.8. The first-order chi connectivity index (χ1) is 9.65. The molecule has 0 fully saturated rings. The summed E-state index contributed by atoms with van der Waals surface area (Å²) in [6.07, 6.45) is 2.76. The Bertz CT molecular complexity index is 636. The van der Waals surface area contributed by atoms with Crippen molar-refractivity contribution in [1.82, 2.24) is 9.88 Å². The van der Waals surface area contributed by atoms with E-state index in [-0.39, 0.29) is 11.5 Å². The van der Waals surface area contributed by atoms with Gasteiger partial charge in [0.05, 0.1) is 4.34 Å². The first kappa shape index (κ1) is 14.8. The van der Waals surface area contributed by atoms with Crippen LogP contribution >= 0.6 is 22.9 Å². The second-order valence-corrected chi connectivity index (χ2v) is 6.09. The van der Waals surface area contributed by atoms with Gasteiger partial charge in [0.25, 0.3) is 5.56 Å². The van der Waals surface area contributed by atoms with E-state index in [1.165, 1.54) is 22.0 Å². The van der Waals surface area contributed by atoms with Crippen molar-refractivity contribution in [3.05, 3.63) is 56.1 Å². The van der Waals surface area contributed by atoms with Gasteiger partial charge in [-0.25, -0.2) is 0 Å². The molecule has 20 heavy (non-hydrogen) atoms. The topological polar surface area (TPSA) is 51.1 Å². The van der Waals surface area contributed by atoms with Crippen molar-refractivity contribution < 1.29 is 4.79 Å². The fraction of sp³-hybridized carbons (Fsp3) is 0.286. The van der Waals surface area contributed by atoms with E-state index >= 15 is 0 Å². The van der Waals surface area contributed by atoms with Crippen LogP contribution in [-0.2, 0) is 17.8 Å². The Balaban J connectivity index is 1.71. The third-order valence-corrected chi connectivity index (χ3v) is 4.09. The number of pyridine rings is 1. The maximum absolute atomic E-state index is 11.7. The van der Waals surface area contributed by atoms with Gasteiger partial charge in [-0.1, -0.05) is 17.7 Å². The minimum Gasteiger partial charge on any atom is -0.356 e. The van der Waals surface area contributed by atoms with Crippen LogP contribution in [0.3, 0.4) is 0 Å². The van der Waals surface area contributed by atoms with E-state index in [9.17, 15) is 9.59 Å². The largest absolute Gasteiger partial charge is 0.356 e. The molecular weight excluding hydrogens is 296 g/mol. The van der Waals surface area contributed by atoms with E-state index in [4.69, 9.17) is 11.6 Å². The van der Waals surface area contributed by atoms with Crippen molar-refractivity contribution in [2.45, 2.75) is 19.4 Å². The Kier molecular flexibility index (Phi) is 5.38. The lowest BCUT2D eigenvalue weighted by Gasteiger charge is -2.06. The zero-order valence-corrected chi connectivity index (χ0v) is 12.4. The van der Waals surface area contributed by atoms with Crippen LogP contribution in [0.5, 0.6) is 0 Å². The molecule has 0 bridgehead atoms. The Labute approximate surface area is 126 Å². The zero-order chi connectivity index (χ0) is 14.4. The summed E-state index contributed by atoms with van der Waals surface area (Å²) in [5.74, 6) is -0.0524. The van der Waals surface area contributed by atoms with Gasteiger partial charge in [0, 0.05) is 36.7 Å². The SMILES string of the molecule is O=C(CCn1ccccc1=O)NCCc1ccc(Cl)s1. The Morgan fingerprint density at radius 1 is 1.30 bits per heavy atom. The number of hydrogen-bond donors (Lipinski definition) is 1. The van der Waals surface area contributed by atoms with E-state index < -0.39 is 0 Å². The molecule has 0 spiro atoms. The average molecular weight is 311 g/mol. The molecule has 2 heterocycles. The van der Waals surface area contributed by atoms with Crippen molar-refractivity contribution in [3.8, 4) is 0 Å². The quantitative estimate of drug-likeness (QED) is 0.890. The van der Waals surface area contributed by atoms with Gasteiger partial charge < -0.3 is 9.88 Å². The number of thiophene rings is 1. The molecule has 0 radical (unpaired) electrons. The number of carbonyl (C=O) groups excluding carboxylic acids is 1. The van der Waals surface area contributed by atoms with Crippen LogP contribution in [0.1, 0.15) is 11.3 Å². The van der Waals surface area contributed by atoms with E-state index in [1.807, 2.05) is 12.1 Å². The summed E-state index contributed by atoms with van der Waals surface area (Å²) in [5.41, 5.74) is -0.0893. The van der Waals surface area contributed by atoms with Gasteiger partial charge in [-0.05, 0) is 24.6 Å². The van der Waals surface area contributed by atoms with Crippen LogP contribution in [0.15, 0.2) is 41.3 Å². The van der Waals surface area contributed by atoms with Crippen molar-refractivity contribution in [1.29, 1.82) is 0 Å². The average Bonchev–Trinajstić information content (AvgIpc) is 2.83. The third kappa shape index (κ3) is 4.51. The van der Waals surface area contributed by atoms with Crippen LogP contribution in [0.4, 0.5) is 0 Å². The number of nitrogens with zero attached hydrogens (tertiary/aromatic N) is 1. The maximum Gasteiger partial charge on any atom is 0.250 e. The fourth-order valence-electron chi connectivity index (χ4n) is 1.77. The number of halogens is 1. The van der Waals surface area contributed by atoms with Crippen molar-refractivity contribution in [2.24, 2.45) is 0 Å². The number of nitrogens with one attached hydrogen (secondary N) is 1. The summed E-state index contributed by atoms with van der Waals surface area (Å²) < 4.78 is 2.29. The highest BCUT2D eigenvalue weighted by atomic mass is 35.5. The number of aromatic nitrogens is 1.